The summed E-state index contributed by atoms with van der Waals surface area (Å²) in [6, 6.07) is 7.28. The summed E-state index contributed by atoms with van der Waals surface area (Å²) >= 11 is 0. The van der Waals surface area contributed by atoms with Crippen LogP contribution in [-0.2, 0) is 16.4 Å². The summed E-state index contributed by atoms with van der Waals surface area (Å²) in [5, 5.41) is 3.88. The van der Waals surface area contributed by atoms with Crippen LogP contribution in [0.4, 0.5) is 0 Å². The van der Waals surface area contributed by atoms with Gasteiger partial charge in [-0.1, -0.05) is 44.5 Å². The Morgan fingerprint density at radius 2 is 1.92 bits per heavy atom. The first-order valence-corrected chi connectivity index (χ1v) is 9.94. The second kappa shape index (κ2) is 7.94. The Kier molecular flexibility index (Phi) is 6.18. The molecule has 5 nitrogen and oxygen atoms in total. The van der Waals surface area contributed by atoms with Gasteiger partial charge >= 0.3 is 0 Å². The largest absolute Gasteiger partial charge is 0.356 e. The minimum atomic E-state index is -3.52. The van der Waals surface area contributed by atoms with Crippen LogP contribution >= 0.6 is 0 Å². The first-order valence-electron chi connectivity index (χ1n) is 8.50. The molecule has 0 fully saturated rings. The highest BCUT2D eigenvalue weighted by Gasteiger charge is 2.26. The first-order chi connectivity index (χ1) is 11.4. The predicted octanol–water partition coefficient (Wildman–Crippen LogP) is 4.02. The van der Waals surface area contributed by atoms with Gasteiger partial charge in [0.15, 0.2) is 5.76 Å². The number of unbranched alkanes of at least 4 members (excludes halogenated alkanes) is 1. The summed E-state index contributed by atoms with van der Waals surface area (Å²) in [6.07, 6.45) is 2.48. The van der Waals surface area contributed by atoms with E-state index in [0.717, 1.165) is 29.7 Å². The Morgan fingerprint density at radius 3 is 2.46 bits per heavy atom. The van der Waals surface area contributed by atoms with Crippen molar-refractivity contribution in [3.05, 3.63) is 35.5 Å². The van der Waals surface area contributed by atoms with Crippen LogP contribution in [0.1, 0.15) is 44.9 Å². The van der Waals surface area contributed by atoms with Crippen molar-refractivity contribution in [1.82, 2.24) is 9.46 Å². The lowest BCUT2D eigenvalue weighted by Gasteiger charge is -2.22. The molecule has 0 spiro atoms. The van der Waals surface area contributed by atoms with Crippen LogP contribution < -0.4 is 0 Å². The average molecular weight is 350 g/mol. The fourth-order valence-corrected chi connectivity index (χ4v) is 4.47. The third-order valence-corrected chi connectivity index (χ3v) is 6.15. The second-order valence-corrected chi connectivity index (χ2v) is 7.77. The molecule has 1 aromatic carbocycles. The van der Waals surface area contributed by atoms with E-state index in [-0.39, 0.29) is 0 Å². The Labute approximate surface area is 144 Å². The van der Waals surface area contributed by atoms with E-state index in [0.29, 0.717) is 30.2 Å². The van der Waals surface area contributed by atoms with Gasteiger partial charge in [-0.25, -0.2) is 8.42 Å². The number of hydrogen-bond donors (Lipinski definition) is 0. The highest BCUT2D eigenvalue weighted by molar-refractivity contribution is 7.89. The number of nitrogens with zero attached hydrogens (tertiary/aromatic N) is 2. The summed E-state index contributed by atoms with van der Waals surface area (Å²) in [5.41, 5.74) is 2.33. The van der Waals surface area contributed by atoms with Gasteiger partial charge in [0.2, 0.25) is 10.0 Å². The maximum atomic E-state index is 13.1. The minimum Gasteiger partial charge on any atom is -0.356 e. The van der Waals surface area contributed by atoms with Gasteiger partial charge in [-0.15, -0.1) is 0 Å². The molecule has 24 heavy (non-hydrogen) atoms. The molecular formula is C18H26N2O3S. The van der Waals surface area contributed by atoms with E-state index in [1.165, 1.54) is 0 Å². The van der Waals surface area contributed by atoms with Gasteiger partial charge < -0.3 is 4.52 Å². The highest BCUT2D eigenvalue weighted by atomic mass is 32.2. The normalized spacial score (nSPS) is 12.0. The zero-order valence-corrected chi connectivity index (χ0v) is 15.7. The molecule has 6 heteroatoms. The fraction of sp³-hybridized carbons (Fsp3) is 0.500. The molecule has 0 unspecified atom stereocenters. The molecule has 0 saturated carbocycles. The van der Waals surface area contributed by atoms with E-state index < -0.39 is 10.0 Å². The smallest absolute Gasteiger partial charge is 0.243 e. The van der Waals surface area contributed by atoms with Crippen LogP contribution in [0, 0.1) is 6.92 Å². The molecule has 0 saturated heterocycles. The first kappa shape index (κ1) is 18.7. The summed E-state index contributed by atoms with van der Waals surface area (Å²) in [5.74, 6) is 0.586. The third kappa shape index (κ3) is 3.87. The summed E-state index contributed by atoms with van der Waals surface area (Å²) in [6.45, 7) is 8.76. The maximum absolute atomic E-state index is 13.1. The molecule has 0 N–H and O–H groups in total. The van der Waals surface area contributed by atoms with Crippen LogP contribution in [0.15, 0.2) is 33.7 Å². The zero-order chi connectivity index (χ0) is 17.7. The predicted molar refractivity (Wildman–Crippen MR) is 95.4 cm³/mol. The van der Waals surface area contributed by atoms with E-state index in [4.69, 9.17) is 4.52 Å². The van der Waals surface area contributed by atoms with Gasteiger partial charge in [0.1, 0.15) is 0 Å². The number of aryl methyl sites for hydroxylation is 2. The third-order valence-electron chi connectivity index (χ3n) is 4.09. The van der Waals surface area contributed by atoms with E-state index >= 15 is 0 Å². The van der Waals surface area contributed by atoms with Crippen molar-refractivity contribution >= 4 is 10.0 Å². The van der Waals surface area contributed by atoms with Gasteiger partial charge in [-0.2, -0.15) is 4.31 Å². The van der Waals surface area contributed by atoms with Crippen LogP contribution in [-0.4, -0.2) is 31.0 Å². The van der Waals surface area contributed by atoms with Crippen LogP contribution in [0.5, 0.6) is 0 Å². The molecule has 132 valence electrons. The average Bonchev–Trinajstić information content (AvgIpc) is 3.01. The van der Waals surface area contributed by atoms with E-state index in [1.807, 2.05) is 39.0 Å². The number of rotatable bonds is 8. The fourth-order valence-electron chi connectivity index (χ4n) is 2.66. The van der Waals surface area contributed by atoms with Gasteiger partial charge in [0, 0.05) is 24.7 Å². The van der Waals surface area contributed by atoms with Crippen molar-refractivity contribution in [3.8, 4) is 11.3 Å². The number of benzene rings is 1. The van der Waals surface area contributed by atoms with Crippen molar-refractivity contribution in [3.63, 3.8) is 0 Å². The van der Waals surface area contributed by atoms with Crippen LogP contribution in [0.3, 0.4) is 0 Å². The molecule has 0 aliphatic rings. The Bertz CT molecular complexity index is 781. The van der Waals surface area contributed by atoms with Gasteiger partial charge in [0.25, 0.3) is 0 Å². The quantitative estimate of drug-likeness (QED) is 0.721. The van der Waals surface area contributed by atoms with E-state index in [1.54, 1.807) is 10.4 Å². The highest BCUT2D eigenvalue weighted by Crippen LogP contribution is 2.28. The number of aromatic nitrogens is 1. The molecule has 0 radical (unpaired) electrons. The molecule has 1 aromatic heterocycles. The van der Waals surface area contributed by atoms with Gasteiger partial charge in [-0.3, -0.25) is 0 Å². The van der Waals surface area contributed by atoms with Crippen molar-refractivity contribution in [2.75, 3.05) is 13.1 Å². The molecule has 0 bridgehead atoms. The minimum absolute atomic E-state index is 0.370. The monoisotopic (exact) mass is 350 g/mol. The lowest BCUT2D eigenvalue weighted by molar-refractivity contribution is 0.418. The Morgan fingerprint density at radius 1 is 1.17 bits per heavy atom. The summed E-state index contributed by atoms with van der Waals surface area (Å²) < 4.78 is 33.1. The maximum Gasteiger partial charge on any atom is 0.243 e. The molecule has 2 rings (SSSR count). The topological polar surface area (TPSA) is 63.4 Å². The molecule has 0 amide bonds. The zero-order valence-electron chi connectivity index (χ0n) is 14.9. The van der Waals surface area contributed by atoms with Crippen LogP contribution in [0.2, 0.25) is 0 Å². The lowest BCUT2D eigenvalue weighted by Crippen LogP contribution is -2.32. The van der Waals surface area contributed by atoms with Crippen LogP contribution in [0.25, 0.3) is 11.3 Å². The lowest BCUT2D eigenvalue weighted by atomic mass is 10.1. The van der Waals surface area contributed by atoms with E-state index in [2.05, 4.69) is 12.1 Å². The second-order valence-electron chi connectivity index (χ2n) is 5.86. The summed E-state index contributed by atoms with van der Waals surface area (Å²) in [7, 11) is -3.52. The number of hydrogen-bond acceptors (Lipinski definition) is 4. The summed E-state index contributed by atoms with van der Waals surface area (Å²) in [4.78, 5) is 0.370. The standard InChI is InChI=1S/C18H26N2O3S/c1-5-8-11-20(7-3)24(21,22)18-13-16(10-9-15(18)6-2)17-12-14(4)19-23-17/h9-10,12-13H,5-8,11H2,1-4H3. The molecule has 2 aromatic rings. The molecule has 0 aliphatic carbocycles. The Hall–Kier alpha value is -1.66. The molecule has 0 aliphatic heterocycles. The van der Waals surface area contributed by atoms with Crippen molar-refractivity contribution in [1.29, 1.82) is 0 Å². The van der Waals surface area contributed by atoms with Gasteiger partial charge in [0.05, 0.1) is 10.6 Å². The van der Waals surface area contributed by atoms with E-state index in [9.17, 15) is 8.42 Å². The van der Waals surface area contributed by atoms with Crippen molar-refractivity contribution in [2.24, 2.45) is 0 Å². The molecular weight excluding hydrogens is 324 g/mol. The number of sulfonamides is 1. The van der Waals surface area contributed by atoms with Gasteiger partial charge in [-0.05, 0) is 31.4 Å². The van der Waals surface area contributed by atoms with Crippen molar-refractivity contribution < 1.29 is 12.9 Å². The van der Waals surface area contributed by atoms with Crippen molar-refractivity contribution in [2.45, 2.75) is 51.9 Å². The molecule has 1 heterocycles. The molecule has 0 atom stereocenters. The SMILES string of the molecule is CCCCN(CC)S(=O)(=O)c1cc(-c2cc(C)no2)ccc1CC. The Balaban J connectivity index is 2.50.